The number of amides is 1. The summed E-state index contributed by atoms with van der Waals surface area (Å²) in [7, 11) is 0. The van der Waals surface area contributed by atoms with Crippen molar-refractivity contribution in [3.8, 4) is 11.4 Å². The topological polar surface area (TPSA) is 94.3 Å². The minimum Gasteiger partial charge on any atom is -0.462 e. The Bertz CT molecular complexity index is 899. The van der Waals surface area contributed by atoms with Gasteiger partial charge in [-0.15, -0.1) is 11.3 Å². The van der Waals surface area contributed by atoms with Crippen LogP contribution < -0.4 is 5.32 Å². The maximum absolute atomic E-state index is 12.1. The van der Waals surface area contributed by atoms with Gasteiger partial charge < -0.3 is 14.6 Å². The van der Waals surface area contributed by atoms with E-state index in [2.05, 4.69) is 15.5 Å². The first-order chi connectivity index (χ1) is 12.6. The quantitative estimate of drug-likeness (QED) is 0.614. The fraction of sp³-hybridized carbons (Fsp3) is 0.294. The number of carbonyl (C=O) groups excluding carboxylic acids is 2. The van der Waals surface area contributed by atoms with Crippen molar-refractivity contribution in [2.75, 3.05) is 11.9 Å². The molecule has 0 aliphatic rings. The number of nitrogens with zero attached hydrogens (tertiary/aromatic N) is 2. The van der Waals surface area contributed by atoms with E-state index < -0.39 is 0 Å². The zero-order valence-electron chi connectivity index (χ0n) is 14.3. The van der Waals surface area contributed by atoms with E-state index in [1.165, 1.54) is 11.3 Å². The molecule has 0 aliphatic heterocycles. The van der Waals surface area contributed by atoms with Crippen LogP contribution in [0.5, 0.6) is 0 Å². The number of aryl methyl sites for hydroxylation is 2. The van der Waals surface area contributed by atoms with Crippen LogP contribution in [0.4, 0.5) is 5.00 Å². The number of hydrogen-bond donors (Lipinski definition) is 1. The third kappa shape index (κ3) is 4.36. The highest BCUT2D eigenvalue weighted by molar-refractivity contribution is 7.18. The largest absolute Gasteiger partial charge is 0.462 e. The van der Waals surface area contributed by atoms with E-state index in [0.29, 0.717) is 34.6 Å². The molecule has 1 N–H and O–H groups in total. The van der Waals surface area contributed by atoms with E-state index in [4.69, 9.17) is 9.26 Å². The first kappa shape index (κ1) is 18.3. The van der Waals surface area contributed by atoms with Gasteiger partial charge in [-0.05, 0) is 36.9 Å². The third-order valence-electron chi connectivity index (χ3n) is 3.45. The smallest absolute Gasteiger partial charge is 0.348 e. The van der Waals surface area contributed by atoms with Crippen molar-refractivity contribution >= 4 is 39.6 Å². The first-order valence-electron chi connectivity index (χ1n) is 7.99. The fourth-order valence-corrected chi connectivity index (χ4v) is 3.85. The summed E-state index contributed by atoms with van der Waals surface area (Å²) in [5.41, 5.74) is 1.68. The molecule has 0 aliphatic carbocycles. The van der Waals surface area contributed by atoms with Crippen LogP contribution in [-0.4, -0.2) is 28.6 Å². The summed E-state index contributed by atoms with van der Waals surface area (Å²) in [6.07, 6.45) is 0.551. The highest BCUT2D eigenvalue weighted by atomic mass is 32.1. The predicted molar refractivity (Wildman–Crippen MR) is 99.6 cm³/mol. The summed E-state index contributed by atoms with van der Waals surface area (Å²) < 4.78 is 10.2. The van der Waals surface area contributed by atoms with Gasteiger partial charge in [-0.1, -0.05) is 5.16 Å². The summed E-state index contributed by atoms with van der Waals surface area (Å²) in [6, 6.07) is 3.67. The number of esters is 1. The van der Waals surface area contributed by atoms with Crippen LogP contribution >= 0.6 is 22.7 Å². The Kier molecular flexibility index (Phi) is 5.79. The van der Waals surface area contributed by atoms with Crippen LogP contribution in [0.25, 0.3) is 11.4 Å². The molecule has 0 saturated heterocycles. The Morgan fingerprint density at radius 3 is 2.96 bits per heavy atom. The molecule has 9 heteroatoms. The number of carbonyl (C=O) groups is 2. The fourth-order valence-electron chi connectivity index (χ4n) is 2.23. The van der Waals surface area contributed by atoms with E-state index in [0.717, 1.165) is 11.1 Å². The first-order valence-corrected chi connectivity index (χ1v) is 9.75. The van der Waals surface area contributed by atoms with Crippen molar-refractivity contribution in [3.63, 3.8) is 0 Å². The van der Waals surface area contributed by atoms with Crippen molar-refractivity contribution in [2.24, 2.45) is 0 Å². The van der Waals surface area contributed by atoms with Crippen LogP contribution in [0.2, 0.25) is 0 Å². The molecule has 0 spiro atoms. The van der Waals surface area contributed by atoms with E-state index in [9.17, 15) is 9.59 Å². The SMILES string of the molecule is CCOC(=O)c1sc(NC(=O)CCc2nc(-c3ccsc3)no2)cc1C. The van der Waals surface area contributed by atoms with Crippen molar-refractivity contribution in [1.29, 1.82) is 0 Å². The second-order valence-electron chi connectivity index (χ2n) is 5.42. The summed E-state index contributed by atoms with van der Waals surface area (Å²) in [4.78, 5) is 28.7. The average molecular weight is 391 g/mol. The second-order valence-corrected chi connectivity index (χ2v) is 7.25. The lowest BCUT2D eigenvalue weighted by Crippen LogP contribution is -2.11. The van der Waals surface area contributed by atoms with Gasteiger partial charge in [-0.3, -0.25) is 4.79 Å². The molecule has 0 radical (unpaired) electrons. The van der Waals surface area contributed by atoms with Gasteiger partial charge in [0.05, 0.1) is 11.6 Å². The van der Waals surface area contributed by atoms with Crippen molar-refractivity contribution in [2.45, 2.75) is 26.7 Å². The Labute approximate surface area is 158 Å². The van der Waals surface area contributed by atoms with Gasteiger partial charge in [-0.2, -0.15) is 16.3 Å². The standard InChI is InChI=1S/C17H17N3O4S2/c1-3-23-17(22)15-10(2)8-14(26-15)18-12(21)4-5-13-19-16(20-24-13)11-6-7-25-9-11/h6-9H,3-5H2,1-2H3,(H,18,21). The second kappa shape index (κ2) is 8.24. The van der Waals surface area contributed by atoms with E-state index >= 15 is 0 Å². The molecule has 3 aromatic rings. The number of rotatable bonds is 7. The van der Waals surface area contributed by atoms with Crippen molar-refractivity contribution in [3.05, 3.63) is 39.2 Å². The molecule has 3 rings (SSSR count). The monoisotopic (exact) mass is 391 g/mol. The zero-order valence-corrected chi connectivity index (χ0v) is 15.9. The summed E-state index contributed by atoms with van der Waals surface area (Å²) >= 11 is 2.76. The average Bonchev–Trinajstić information content (AvgIpc) is 3.33. The number of ether oxygens (including phenoxy) is 1. The van der Waals surface area contributed by atoms with Crippen LogP contribution in [0, 0.1) is 6.92 Å². The van der Waals surface area contributed by atoms with Crippen molar-refractivity contribution < 1.29 is 18.8 Å². The maximum atomic E-state index is 12.1. The number of hydrogen-bond acceptors (Lipinski definition) is 8. The van der Waals surface area contributed by atoms with Gasteiger partial charge in [0.2, 0.25) is 17.6 Å². The van der Waals surface area contributed by atoms with Gasteiger partial charge in [-0.25, -0.2) is 4.79 Å². The van der Waals surface area contributed by atoms with Crippen molar-refractivity contribution in [1.82, 2.24) is 10.1 Å². The molecule has 0 saturated carbocycles. The van der Waals surface area contributed by atoms with Gasteiger partial charge in [0.1, 0.15) is 4.88 Å². The highest BCUT2D eigenvalue weighted by Crippen LogP contribution is 2.27. The molecule has 0 bridgehead atoms. The molecule has 7 nitrogen and oxygen atoms in total. The number of aromatic nitrogens is 2. The number of nitrogens with one attached hydrogen (secondary N) is 1. The Balaban J connectivity index is 1.55. The summed E-state index contributed by atoms with van der Waals surface area (Å²) in [6.45, 7) is 3.88. The lowest BCUT2D eigenvalue weighted by Gasteiger charge is -2.00. The van der Waals surface area contributed by atoms with Gasteiger partial charge in [0, 0.05) is 23.8 Å². The molecule has 3 aromatic heterocycles. The molecular formula is C17H17N3O4S2. The molecule has 26 heavy (non-hydrogen) atoms. The molecular weight excluding hydrogens is 374 g/mol. The highest BCUT2D eigenvalue weighted by Gasteiger charge is 2.16. The number of thiophene rings is 2. The molecule has 1 amide bonds. The Morgan fingerprint density at radius 1 is 1.38 bits per heavy atom. The summed E-state index contributed by atoms with van der Waals surface area (Å²) in [5.74, 6) is 0.379. The number of anilines is 1. The van der Waals surface area contributed by atoms with Gasteiger partial charge >= 0.3 is 5.97 Å². The van der Waals surface area contributed by atoms with Crippen LogP contribution in [0.3, 0.4) is 0 Å². The van der Waals surface area contributed by atoms with Crippen LogP contribution in [0.15, 0.2) is 27.4 Å². The predicted octanol–water partition coefficient (Wildman–Crippen LogP) is 3.92. The normalized spacial score (nSPS) is 10.7. The van der Waals surface area contributed by atoms with E-state index in [1.807, 2.05) is 23.8 Å². The molecule has 0 unspecified atom stereocenters. The zero-order chi connectivity index (χ0) is 18.5. The maximum Gasteiger partial charge on any atom is 0.348 e. The minimum absolute atomic E-state index is 0.183. The summed E-state index contributed by atoms with van der Waals surface area (Å²) in [5, 5.41) is 11.2. The lowest BCUT2D eigenvalue weighted by atomic mass is 10.2. The van der Waals surface area contributed by atoms with E-state index in [-0.39, 0.29) is 18.3 Å². The van der Waals surface area contributed by atoms with Gasteiger partial charge in [0.15, 0.2) is 0 Å². The lowest BCUT2D eigenvalue weighted by molar-refractivity contribution is -0.116. The molecule has 3 heterocycles. The Hall–Kier alpha value is -2.52. The molecule has 0 aromatic carbocycles. The molecule has 136 valence electrons. The van der Waals surface area contributed by atoms with E-state index in [1.54, 1.807) is 24.3 Å². The minimum atomic E-state index is -0.373. The molecule has 0 fully saturated rings. The van der Waals surface area contributed by atoms with Gasteiger partial charge in [0.25, 0.3) is 0 Å². The Morgan fingerprint density at radius 2 is 2.23 bits per heavy atom. The third-order valence-corrected chi connectivity index (χ3v) is 5.27. The van der Waals surface area contributed by atoms with Crippen LogP contribution in [0.1, 0.15) is 34.5 Å². The molecule has 0 atom stereocenters. The van der Waals surface area contributed by atoms with Crippen LogP contribution in [-0.2, 0) is 16.0 Å².